The first-order chi connectivity index (χ1) is 7.51. The van der Waals surface area contributed by atoms with Crippen molar-refractivity contribution in [1.82, 2.24) is 9.03 Å². The Morgan fingerprint density at radius 2 is 2.19 bits per heavy atom. The molecule has 0 aliphatic carbocycles. The number of alkyl halides is 1. The SMILES string of the molecule is CCC(CCl)NS(=O)(=O)N1CCCCC1C. The summed E-state index contributed by atoms with van der Waals surface area (Å²) >= 11 is 5.70. The second-order valence-electron chi connectivity index (χ2n) is 4.34. The molecular formula is C10H21ClN2O2S. The van der Waals surface area contributed by atoms with Crippen LogP contribution in [0.1, 0.15) is 39.5 Å². The maximum Gasteiger partial charge on any atom is 0.279 e. The first-order valence-corrected chi connectivity index (χ1v) is 7.83. The lowest BCUT2D eigenvalue weighted by Gasteiger charge is -2.33. The molecule has 0 bridgehead atoms. The van der Waals surface area contributed by atoms with E-state index in [0.29, 0.717) is 18.8 Å². The minimum absolute atomic E-state index is 0.0964. The van der Waals surface area contributed by atoms with Crippen molar-refractivity contribution in [2.45, 2.75) is 51.6 Å². The number of rotatable bonds is 5. The van der Waals surface area contributed by atoms with Gasteiger partial charge in [-0.2, -0.15) is 17.4 Å². The molecule has 0 amide bonds. The van der Waals surface area contributed by atoms with E-state index < -0.39 is 10.2 Å². The van der Waals surface area contributed by atoms with Crippen LogP contribution in [0.5, 0.6) is 0 Å². The largest absolute Gasteiger partial charge is 0.279 e. The van der Waals surface area contributed by atoms with Gasteiger partial charge in [-0.15, -0.1) is 11.6 Å². The first-order valence-electron chi connectivity index (χ1n) is 5.86. The van der Waals surface area contributed by atoms with Gasteiger partial charge in [0.1, 0.15) is 0 Å². The number of nitrogens with zero attached hydrogens (tertiary/aromatic N) is 1. The van der Waals surface area contributed by atoms with Crippen LogP contribution in [0.4, 0.5) is 0 Å². The summed E-state index contributed by atoms with van der Waals surface area (Å²) in [6.45, 7) is 4.50. The first kappa shape index (κ1) is 14.2. The molecule has 1 N–H and O–H groups in total. The summed E-state index contributed by atoms with van der Waals surface area (Å²) in [6, 6.07) is -0.0696. The minimum atomic E-state index is -3.36. The van der Waals surface area contributed by atoms with Gasteiger partial charge in [0.05, 0.1) is 0 Å². The minimum Gasteiger partial charge on any atom is -0.198 e. The molecule has 1 aliphatic rings. The van der Waals surface area contributed by atoms with Gasteiger partial charge in [-0.25, -0.2) is 0 Å². The Morgan fingerprint density at radius 3 is 2.69 bits per heavy atom. The standard InChI is InChI=1S/C10H21ClN2O2S/c1-3-10(8-11)12-16(14,15)13-7-5-4-6-9(13)2/h9-10,12H,3-8H2,1-2H3. The highest BCUT2D eigenvalue weighted by atomic mass is 35.5. The highest BCUT2D eigenvalue weighted by Crippen LogP contribution is 2.19. The molecule has 2 unspecified atom stereocenters. The van der Waals surface area contributed by atoms with E-state index in [2.05, 4.69) is 4.72 Å². The third kappa shape index (κ3) is 3.58. The lowest BCUT2D eigenvalue weighted by atomic mass is 10.1. The summed E-state index contributed by atoms with van der Waals surface area (Å²) in [5.41, 5.74) is 0. The normalized spacial score (nSPS) is 25.6. The van der Waals surface area contributed by atoms with Gasteiger partial charge < -0.3 is 0 Å². The van der Waals surface area contributed by atoms with Crippen LogP contribution in [0.15, 0.2) is 0 Å². The van der Waals surface area contributed by atoms with Crippen LogP contribution in [-0.2, 0) is 10.2 Å². The molecule has 2 atom stereocenters. The van der Waals surface area contributed by atoms with Crippen molar-refractivity contribution >= 4 is 21.8 Å². The molecule has 0 radical (unpaired) electrons. The number of hydrogen-bond acceptors (Lipinski definition) is 2. The van der Waals surface area contributed by atoms with Crippen molar-refractivity contribution in [2.75, 3.05) is 12.4 Å². The zero-order valence-electron chi connectivity index (χ0n) is 9.95. The smallest absolute Gasteiger partial charge is 0.198 e. The molecule has 0 spiro atoms. The molecule has 1 heterocycles. The average molecular weight is 269 g/mol. The van der Waals surface area contributed by atoms with Crippen molar-refractivity contribution in [1.29, 1.82) is 0 Å². The molecule has 0 saturated carbocycles. The van der Waals surface area contributed by atoms with E-state index in [-0.39, 0.29) is 12.1 Å². The quantitative estimate of drug-likeness (QED) is 0.772. The molecule has 6 heteroatoms. The predicted molar refractivity (Wildman–Crippen MR) is 66.9 cm³/mol. The molecule has 0 aromatic heterocycles. The van der Waals surface area contributed by atoms with Crippen LogP contribution in [0.2, 0.25) is 0 Å². The van der Waals surface area contributed by atoms with E-state index in [1.807, 2.05) is 13.8 Å². The zero-order chi connectivity index (χ0) is 12.2. The van der Waals surface area contributed by atoms with E-state index in [4.69, 9.17) is 11.6 Å². The summed E-state index contributed by atoms with van der Waals surface area (Å²) in [5.74, 6) is 0.317. The maximum atomic E-state index is 12.1. The molecule has 96 valence electrons. The highest BCUT2D eigenvalue weighted by molar-refractivity contribution is 7.87. The van der Waals surface area contributed by atoms with Crippen LogP contribution in [0, 0.1) is 0 Å². The fraction of sp³-hybridized carbons (Fsp3) is 1.00. The third-order valence-corrected chi connectivity index (χ3v) is 5.21. The van der Waals surface area contributed by atoms with E-state index >= 15 is 0 Å². The summed E-state index contributed by atoms with van der Waals surface area (Å²) in [5, 5.41) is 0. The summed E-state index contributed by atoms with van der Waals surface area (Å²) in [4.78, 5) is 0. The Kier molecular flexibility index (Phi) is 5.50. The Labute approximate surface area is 104 Å². The van der Waals surface area contributed by atoms with E-state index in [1.165, 1.54) is 0 Å². The Morgan fingerprint density at radius 1 is 1.50 bits per heavy atom. The van der Waals surface area contributed by atoms with Crippen molar-refractivity contribution in [3.05, 3.63) is 0 Å². The van der Waals surface area contributed by atoms with Crippen molar-refractivity contribution in [3.8, 4) is 0 Å². The number of hydrogen-bond donors (Lipinski definition) is 1. The number of halogens is 1. The lowest BCUT2D eigenvalue weighted by Crippen LogP contribution is -2.50. The van der Waals surface area contributed by atoms with Crippen LogP contribution in [0.25, 0.3) is 0 Å². The van der Waals surface area contributed by atoms with Gasteiger partial charge in [0, 0.05) is 24.5 Å². The van der Waals surface area contributed by atoms with Crippen LogP contribution in [0.3, 0.4) is 0 Å². The fourth-order valence-corrected chi connectivity index (χ4v) is 4.07. The molecule has 1 saturated heterocycles. The predicted octanol–water partition coefficient (Wildman–Crippen LogP) is 1.71. The zero-order valence-corrected chi connectivity index (χ0v) is 11.5. The number of nitrogens with one attached hydrogen (secondary N) is 1. The molecule has 1 aliphatic heterocycles. The molecule has 1 fully saturated rings. The Bertz CT molecular complexity index is 304. The summed E-state index contributed by atoms with van der Waals surface area (Å²) in [7, 11) is -3.36. The highest BCUT2D eigenvalue weighted by Gasteiger charge is 2.30. The Balaban J connectivity index is 2.68. The van der Waals surface area contributed by atoms with Gasteiger partial charge in [-0.1, -0.05) is 13.3 Å². The van der Waals surface area contributed by atoms with E-state index in [1.54, 1.807) is 4.31 Å². The van der Waals surface area contributed by atoms with Gasteiger partial charge in [-0.05, 0) is 26.2 Å². The van der Waals surface area contributed by atoms with Crippen molar-refractivity contribution < 1.29 is 8.42 Å². The van der Waals surface area contributed by atoms with Gasteiger partial charge in [0.2, 0.25) is 0 Å². The second-order valence-corrected chi connectivity index (χ2v) is 6.30. The fourth-order valence-electron chi connectivity index (χ4n) is 1.93. The van der Waals surface area contributed by atoms with Gasteiger partial charge in [0.25, 0.3) is 10.2 Å². The third-order valence-electron chi connectivity index (χ3n) is 3.05. The second kappa shape index (κ2) is 6.19. The van der Waals surface area contributed by atoms with Gasteiger partial charge in [-0.3, -0.25) is 0 Å². The van der Waals surface area contributed by atoms with Crippen LogP contribution >= 0.6 is 11.6 Å². The molecule has 0 aromatic rings. The van der Waals surface area contributed by atoms with Crippen molar-refractivity contribution in [3.63, 3.8) is 0 Å². The van der Waals surface area contributed by atoms with E-state index in [0.717, 1.165) is 19.3 Å². The van der Waals surface area contributed by atoms with Crippen LogP contribution < -0.4 is 4.72 Å². The molecule has 0 aromatic carbocycles. The molecule has 1 rings (SSSR count). The van der Waals surface area contributed by atoms with Crippen molar-refractivity contribution in [2.24, 2.45) is 0 Å². The summed E-state index contributed by atoms with van der Waals surface area (Å²) in [6.07, 6.45) is 3.71. The van der Waals surface area contributed by atoms with E-state index in [9.17, 15) is 8.42 Å². The van der Waals surface area contributed by atoms with Gasteiger partial charge >= 0.3 is 0 Å². The monoisotopic (exact) mass is 268 g/mol. The molecular weight excluding hydrogens is 248 g/mol. The number of piperidine rings is 1. The average Bonchev–Trinajstić information content (AvgIpc) is 2.26. The van der Waals surface area contributed by atoms with Gasteiger partial charge in [0.15, 0.2) is 0 Å². The topological polar surface area (TPSA) is 49.4 Å². The molecule has 16 heavy (non-hydrogen) atoms. The van der Waals surface area contributed by atoms with Crippen LogP contribution in [-0.4, -0.2) is 37.2 Å². The maximum absolute atomic E-state index is 12.1. The summed E-state index contributed by atoms with van der Waals surface area (Å²) < 4.78 is 28.4. The molecule has 4 nitrogen and oxygen atoms in total. The Hall–Kier alpha value is 0.160. The lowest BCUT2D eigenvalue weighted by molar-refractivity contribution is 0.264.